The van der Waals surface area contributed by atoms with E-state index in [2.05, 4.69) is 6.58 Å². The van der Waals surface area contributed by atoms with Crippen LogP contribution in [0, 0.1) is 5.92 Å². The second-order valence-corrected chi connectivity index (χ2v) is 5.39. The molecule has 0 spiro atoms. The molecule has 0 aliphatic heterocycles. The molecule has 0 radical (unpaired) electrons. The van der Waals surface area contributed by atoms with E-state index in [1.54, 1.807) is 13.8 Å². The maximum Gasteiger partial charge on any atom is 0.186 e. The highest BCUT2D eigenvalue weighted by atomic mass is 31.1. The van der Waals surface area contributed by atoms with Crippen molar-refractivity contribution in [3.05, 3.63) is 12.2 Å². The van der Waals surface area contributed by atoms with Crippen molar-refractivity contribution in [1.29, 1.82) is 0 Å². The zero-order valence-electron chi connectivity index (χ0n) is 8.05. The zero-order valence-corrected chi connectivity index (χ0v) is 8.94. The fourth-order valence-corrected chi connectivity index (χ4v) is 1.37. The smallest absolute Gasteiger partial charge is 0.186 e. The van der Waals surface area contributed by atoms with Gasteiger partial charge in [0, 0.05) is 5.92 Å². The number of allylic oxidation sites excluding steroid dienone is 1. The first kappa shape index (κ1) is 11.5. The van der Waals surface area contributed by atoms with Crippen LogP contribution in [0.3, 0.4) is 0 Å². The van der Waals surface area contributed by atoms with E-state index in [1.807, 2.05) is 13.3 Å². The van der Waals surface area contributed by atoms with Gasteiger partial charge in [0.15, 0.2) is 11.3 Å². The molecule has 0 saturated carbocycles. The molecule has 0 saturated heterocycles. The van der Waals surface area contributed by atoms with E-state index in [1.165, 1.54) is 0 Å². The van der Waals surface area contributed by atoms with Gasteiger partial charge in [-0.25, -0.2) is 0 Å². The van der Waals surface area contributed by atoms with Crippen LogP contribution < -0.4 is 0 Å². The summed E-state index contributed by atoms with van der Waals surface area (Å²) in [5, 5.41) is 0. The van der Waals surface area contributed by atoms with Crippen LogP contribution in [-0.4, -0.2) is 24.6 Å². The fourth-order valence-electron chi connectivity index (χ4n) is 0.724. The molecule has 0 amide bonds. The molecule has 0 unspecified atom stereocenters. The Balaban J connectivity index is 4.41. The summed E-state index contributed by atoms with van der Waals surface area (Å²) < 4.78 is 0. The first-order chi connectivity index (χ1) is 5.37. The average molecular weight is 186 g/mol. The van der Waals surface area contributed by atoms with Gasteiger partial charge in [0.05, 0.1) is 5.57 Å². The summed E-state index contributed by atoms with van der Waals surface area (Å²) in [4.78, 5) is 22.6. The third-order valence-electron chi connectivity index (χ3n) is 1.49. The molecular formula is C9H15O2P. The standard InChI is InChI=1S/C9H15O2P/c1-6(2)8(10)7(3)9(11)12(4)5/h6H,3H2,1-2,4-5H3. The van der Waals surface area contributed by atoms with Crippen molar-refractivity contribution < 1.29 is 9.59 Å². The van der Waals surface area contributed by atoms with Crippen LogP contribution in [0.4, 0.5) is 0 Å². The molecular weight excluding hydrogens is 171 g/mol. The third kappa shape index (κ3) is 2.86. The minimum atomic E-state index is -0.718. The number of ketones is 1. The van der Waals surface area contributed by atoms with E-state index < -0.39 is 7.92 Å². The van der Waals surface area contributed by atoms with Gasteiger partial charge in [-0.3, -0.25) is 9.59 Å². The van der Waals surface area contributed by atoms with Crippen LogP contribution in [0.1, 0.15) is 13.8 Å². The van der Waals surface area contributed by atoms with Crippen molar-refractivity contribution in [2.45, 2.75) is 13.8 Å². The minimum absolute atomic E-state index is 0.0799. The van der Waals surface area contributed by atoms with Gasteiger partial charge in [0.25, 0.3) is 0 Å². The number of hydrogen-bond acceptors (Lipinski definition) is 2. The van der Waals surface area contributed by atoms with Gasteiger partial charge >= 0.3 is 0 Å². The van der Waals surface area contributed by atoms with Crippen LogP contribution in [0.15, 0.2) is 12.2 Å². The Kier molecular flexibility index (Phi) is 4.33. The molecule has 12 heavy (non-hydrogen) atoms. The van der Waals surface area contributed by atoms with Gasteiger partial charge in [-0.05, 0) is 21.3 Å². The Bertz CT molecular complexity index is 195. The molecule has 0 fully saturated rings. The van der Waals surface area contributed by atoms with Gasteiger partial charge < -0.3 is 0 Å². The highest BCUT2D eigenvalue weighted by Gasteiger charge is 2.20. The first-order valence-corrected chi connectivity index (χ1v) is 6.06. The second kappa shape index (κ2) is 4.51. The van der Waals surface area contributed by atoms with Gasteiger partial charge in [0.2, 0.25) is 0 Å². The van der Waals surface area contributed by atoms with Crippen molar-refractivity contribution in [2.24, 2.45) is 5.92 Å². The molecule has 0 aliphatic rings. The SMILES string of the molecule is C=C(C(=O)C(C)C)C(=O)P(C)C. The van der Waals surface area contributed by atoms with Crippen molar-refractivity contribution in [2.75, 3.05) is 13.3 Å². The molecule has 2 nitrogen and oxygen atoms in total. The average Bonchev–Trinajstić information content (AvgIpc) is 2.00. The molecule has 0 atom stereocenters. The largest absolute Gasteiger partial charge is 0.294 e. The number of hydrogen-bond donors (Lipinski definition) is 0. The summed E-state index contributed by atoms with van der Waals surface area (Å²) in [5.41, 5.74) is 0.0878. The number of Topliss-reactive ketones (excluding diaryl/α,β-unsaturated/α-hetero) is 1. The van der Waals surface area contributed by atoms with Crippen molar-refractivity contribution in [3.8, 4) is 0 Å². The molecule has 0 heterocycles. The lowest BCUT2D eigenvalue weighted by atomic mass is 10.0. The highest BCUT2D eigenvalue weighted by molar-refractivity contribution is 7.74. The molecule has 0 N–H and O–H groups in total. The maximum absolute atomic E-state index is 11.3. The van der Waals surface area contributed by atoms with Gasteiger partial charge in [-0.15, -0.1) is 0 Å². The van der Waals surface area contributed by atoms with E-state index in [0.29, 0.717) is 0 Å². The summed E-state index contributed by atoms with van der Waals surface area (Å²) in [6, 6.07) is 0. The lowest BCUT2D eigenvalue weighted by molar-refractivity contribution is -0.120. The highest BCUT2D eigenvalue weighted by Crippen LogP contribution is 2.30. The van der Waals surface area contributed by atoms with Crippen LogP contribution in [0.25, 0.3) is 0 Å². The predicted molar refractivity (Wildman–Crippen MR) is 52.8 cm³/mol. The third-order valence-corrected chi connectivity index (χ3v) is 2.57. The minimum Gasteiger partial charge on any atom is -0.294 e. The van der Waals surface area contributed by atoms with Crippen molar-refractivity contribution in [3.63, 3.8) is 0 Å². The second-order valence-electron chi connectivity index (χ2n) is 3.20. The quantitative estimate of drug-likeness (QED) is 0.291. The predicted octanol–water partition coefficient (Wildman–Crippen LogP) is 2.04. The summed E-state index contributed by atoms with van der Waals surface area (Å²) >= 11 is 0. The molecule has 0 rings (SSSR count). The Hall–Kier alpha value is -0.490. The Labute approximate surface area is 74.8 Å². The van der Waals surface area contributed by atoms with E-state index in [-0.39, 0.29) is 22.8 Å². The molecule has 68 valence electrons. The molecule has 3 heteroatoms. The number of rotatable bonds is 4. The lowest BCUT2D eigenvalue weighted by Crippen LogP contribution is -2.15. The summed E-state index contributed by atoms with van der Waals surface area (Å²) in [5.74, 6) is -0.257. The van der Waals surface area contributed by atoms with Crippen LogP contribution in [0.2, 0.25) is 0 Å². The topological polar surface area (TPSA) is 34.1 Å². The van der Waals surface area contributed by atoms with Crippen LogP contribution in [-0.2, 0) is 9.59 Å². The Morgan fingerprint density at radius 1 is 1.25 bits per heavy atom. The normalized spacial score (nSPS) is 10.5. The molecule has 0 bridgehead atoms. The molecule has 0 aromatic rings. The Morgan fingerprint density at radius 2 is 1.67 bits per heavy atom. The van der Waals surface area contributed by atoms with Crippen LogP contribution >= 0.6 is 7.92 Å². The number of carbonyl (C=O) groups is 2. The van der Waals surface area contributed by atoms with E-state index in [0.717, 1.165) is 0 Å². The summed E-state index contributed by atoms with van der Waals surface area (Å²) in [6.45, 7) is 10.7. The monoisotopic (exact) mass is 186 g/mol. The summed E-state index contributed by atoms with van der Waals surface area (Å²) in [6.07, 6.45) is 0. The van der Waals surface area contributed by atoms with E-state index in [9.17, 15) is 9.59 Å². The van der Waals surface area contributed by atoms with Crippen molar-refractivity contribution >= 4 is 19.2 Å². The van der Waals surface area contributed by atoms with E-state index in [4.69, 9.17) is 0 Å². The number of carbonyl (C=O) groups excluding carboxylic acids is 2. The summed E-state index contributed by atoms with van der Waals surface area (Å²) in [7, 11) is -0.718. The molecule has 0 aromatic carbocycles. The lowest BCUT2D eigenvalue weighted by Gasteiger charge is -2.08. The maximum atomic E-state index is 11.3. The van der Waals surface area contributed by atoms with Crippen LogP contribution in [0.5, 0.6) is 0 Å². The molecule has 0 aromatic heterocycles. The molecule has 0 aliphatic carbocycles. The zero-order chi connectivity index (χ0) is 9.89. The van der Waals surface area contributed by atoms with Crippen molar-refractivity contribution in [1.82, 2.24) is 0 Å². The Morgan fingerprint density at radius 3 is 1.92 bits per heavy atom. The fraction of sp³-hybridized carbons (Fsp3) is 0.556. The van der Waals surface area contributed by atoms with Gasteiger partial charge in [-0.2, -0.15) is 0 Å². The van der Waals surface area contributed by atoms with Gasteiger partial charge in [-0.1, -0.05) is 20.4 Å². The first-order valence-electron chi connectivity index (χ1n) is 3.82. The van der Waals surface area contributed by atoms with Gasteiger partial charge in [0.1, 0.15) is 0 Å². The van der Waals surface area contributed by atoms with E-state index >= 15 is 0 Å².